The lowest BCUT2D eigenvalue weighted by molar-refractivity contribution is -0.138. The second-order valence-electron chi connectivity index (χ2n) is 5.40. The zero-order chi connectivity index (χ0) is 15.7. The smallest absolute Gasteiger partial charge is 0.392 e. The summed E-state index contributed by atoms with van der Waals surface area (Å²) in [5.74, 6) is 0.559. The van der Waals surface area contributed by atoms with Crippen molar-refractivity contribution in [2.24, 2.45) is 0 Å². The van der Waals surface area contributed by atoms with E-state index in [0.717, 1.165) is 6.07 Å². The fourth-order valence-corrected chi connectivity index (χ4v) is 2.95. The van der Waals surface area contributed by atoms with Crippen LogP contribution in [-0.4, -0.2) is 27.8 Å². The average Bonchev–Trinajstić information content (AvgIpc) is 3.08. The number of halogens is 3. The molecule has 2 atom stereocenters. The van der Waals surface area contributed by atoms with Crippen LogP contribution < -0.4 is 0 Å². The second-order valence-corrected chi connectivity index (χ2v) is 5.40. The number of β-amino-alcohol motifs (C(OH)–C–C–N with tert-alkyl or cyclic N) is 1. The summed E-state index contributed by atoms with van der Waals surface area (Å²) in [6.07, 6.45) is -3.32. The van der Waals surface area contributed by atoms with Crippen LogP contribution >= 0.6 is 0 Å². The minimum atomic E-state index is -4.41. The maximum absolute atomic E-state index is 13.2. The standard InChI is InChI=1S/C15H15F3N2O2/c16-15(17,18)13-4-2-1-3-12(13)14-7-10(21)8-20(14)9-11-5-6-19-22-11/h1-6,10,14,21H,7-9H2/t10-,14+/m1/s1. The third kappa shape index (κ3) is 3.00. The SMILES string of the molecule is O[C@@H]1C[C@@H](c2ccccc2C(F)(F)F)N(Cc2ccno2)C1. The first-order valence-corrected chi connectivity index (χ1v) is 6.93. The highest BCUT2D eigenvalue weighted by Crippen LogP contribution is 2.40. The molecule has 3 rings (SSSR count). The molecular weight excluding hydrogens is 297 g/mol. The molecule has 0 amide bonds. The van der Waals surface area contributed by atoms with Crippen molar-refractivity contribution in [3.05, 3.63) is 53.4 Å². The third-order valence-corrected chi connectivity index (χ3v) is 3.86. The maximum atomic E-state index is 13.2. The molecule has 0 aliphatic carbocycles. The van der Waals surface area contributed by atoms with Gasteiger partial charge in [0.1, 0.15) is 0 Å². The van der Waals surface area contributed by atoms with Gasteiger partial charge in [-0.25, -0.2) is 0 Å². The van der Waals surface area contributed by atoms with E-state index < -0.39 is 23.9 Å². The van der Waals surface area contributed by atoms with Crippen LogP contribution in [0.15, 0.2) is 41.1 Å². The topological polar surface area (TPSA) is 49.5 Å². The average molecular weight is 312 g/mol. The van der Waals surface area contributed by atoms with E-state index in [9.17, 15) is 18.3 Å². The largest absolute Gasteiger partial charge is 0.416 e. The van der Waals surface area contributed by atoms with Gasteiger partial charge in [-0.2, -0.15) is 13.2 Å². The number of benzene rings is 1. The number of nitrogens with zero attached hydrogens (tertiary/aromatic N) is 2. The lowest BCUT2D eigenvalue weighted by Crippen LogP contribution is -2.25. The quantitative estimate of drug-likeness (QED) is 0.946. The van der Waals surface area contributed by atoms with Gasteiger partial charge >= 0.3 is 6.18 Å². The number of aliphatic hydroxyl groups excluding tert-OH is 1. The molecule has 0 saturated carbocycles. The zero-order valence-electron chi connectivity index (χ0n) is 11.6. The molecule has 1 aliphatic heterocycles. The molecule has 1 saturated heterocycles. The molecular formula is C15H15F3N2O2. The number of aliphatic hydroxyl groups is 1. The van der Waals surface area contributed by atoms with Crippen molar-refractivity contribution >= 4 is 0 Å². The van der Waals surface area contributed by atoms with Gasteiger partial charge in [-0.05, 0) is 18.1 Å². The lowest BCUT2D eigenvalue weighted by atomic mass is 9.97. The molecule has 1 aromatic heterocycles. The molecule has 0 spiro atoms. The van der Waals surface area contributed by atoms with Crippen molar-refractivity contribution in [1.29, 1.82) is 0 Å². The zero-order valence-corrected chi connectivity index (χ0v) is 11.6. The van der Waals surface area contributed by atoms with Gasteiger partial charge in [0.2, 0.25) is 0 Å². The van der Waals surface area contributed by atoms with Crippen LogP contribution in [0.2, 0.25) is 0 Å². The summed E-state index contributed by atoms with van der Waals surface area (Å²) in [5, 5.41) is 13.5. The van der Waals surface area contributed by atoms with Crippen molar-refractivity contribution in [3.63, 3.8) is 0 Å². The Kier molecular flexibility index (Phi) is 3.92. The van der Waals surface area contributed by atoms with E-state index >= 15 is 0 Å². The van der Waals surface area contributed by atoms with E-state index in [1.807, 2.05) is 0 Å². The van der Waals surface area contributed by atoms with E-state index in [-0.39, 0.29) is 12.0 Å². The Morgan fingerprint density at radius 2 is 2.05 bits per heavy atom. The second kappa shape index (κ2) is 5.73. The van der Waals surface area contributed by atoms with Gasteiger partial charge in [-0.15, -0.1) is 0 Å². The molecule has 0 radical (unpaired) electrons. The summed E-state index contributed by atoms with van der Waals surface area (Å²) < 4.78 is 44.6. The van der Waals surface area contributed by atoms with Crippen LogP contribution in [0.5, 0.6) is 0 Å². The highest BCUT2D eigenvalue weighted by molar-refractivity contribution is 5.33. The predicted molar refractivity (Wildman–Crippen MR) is 71.7 cm³/mol. The Balaban J connectivity index is 1.92. The van der Waals surface area contributed by atoms with Crippen LogP contribution in [-0.2, 0) is 12.7 Å². The van der Waals surface area contributed by atoms with Crippen LogP contribution in [0, 0.1) is 0 Å². The third-order valence-electron chi connectivity index (χ3n) is 3.86. The van der Waals surface area contributed by atoms with Crippen LogP contribution in [0.4, 0.5) is 13.2 Å². The minimum absolute atomic E-state index is 0.186. The Bertz CT molecular complexity index is 628. The first-order valence-electron chi connectivity index (χ1n) is 6.93. The van der Waals surface area contributed by atoms with E-state index in [2.05, 4.69) is 5.16 Å². The molecule has 1 N–H and O–H groups in total. The Hall–Kier alpha value is -1.86. The van der Waals surface area contributed by atoms with E-state index in [0.29, 0.717) is 18.8 Å². The molecule has 1 aromatic carbocycles. The molecule has 2 heterocycles. The van der Waals surface area contributed by atoms with E-state index in [1.165, 1.54) is 18.3 Å². The molecule has 2 aromatic rings. The monoisotopic (exact) mass is 312 g/mol. The molecule has 7 heteroatoms. The van der Waals surface area contributed by atoms with E-state index in [1.54, 1.807) is 17.0 Å². The van der Waals surface area contributed by atoms with Crippen LogP contribution in [0.25, 0.3) is 0 Å². The highest BCUT2D eigenvalue weighted by atomic mass is 19.4. The number of rotatable bonds is 3. The predicted octanol–water partition coefficient (Wildman–Crippen LogP) is 3.00. The lowest BCUT2D eigenvalue weighted by Gasteiger charge is -2.25. The molecule has 22 heavy (non-hydrogen) atoms. The molecule has 118 valence electrons. The van der Waals surface area contributed by atoms with Gasteiger partial charge in [0, 0.05) is 18.7 Å². The van der Waals surface area contributed by atoms with Crippen LogP contribution in [0.1, 0.15) is 29.3 Å². The maximum Gasteiger partial charge on any atom is 0.416 e. The molecule has 0 bridgehead atoms. The number of hydrogen-bond acceptors (Lipinski definition) is 4. The summed E-state index contributed by atoms with van der Waals surface area (Å²) in [6.45, 7) is 0.617. The summed E-state index contributed by atoms with van der Waals surface area (Å²) in [4.78, 5) is 1.79. The van der Waals surface area contributed by atoms with Crippen molar-refractivity contribution in [1.82, 2.24) is 10.1 Å². The van der Waals surface area contributed by atoms with E-state index in [4.69, 9.17) is 4.52 Å². The Morgan fingerprint density at radius 3 is 2.73 bits per heavy atom. The first kappa shape index (κ1) is 15.1. The highest BCUT2D eigenvalue weighted by Gasteiger charge is 2.39. The Labute approximate surface area is 125 Å². The van der Waals surface area contributed by atoms with Crippen molar-refractivity contribution < 1.29 is 22.8 Å². The molecule has 4 nitrogen and oxygen atoms in total. The number of likely N-dealkylation sites (tertiary alicyclic amines) is 1. The van der Waals surface area contributed by atoms with Gasteiger partial charge in [-0.1, -0.05) is 23.4 Å². The van der Waals surface area contributed by atoms with Gasteiger partial charge in [0.25, 0.3) is 0 Å². The fourth-order valence-electron chi connectivity index (χ4n) is 2.95. The molecule has 1 fully saturated rings. The summed E-state index contributed by atoms with van der Waals surface area (Å²) in [7, 11) is 0. The number of hydrogen-bond donors (Lipinski definition) is 1. The van der Waals surface area contributed by atoms with Crippen molar-refractivity contribution in [3.8, 4) is 0 Å². The number of alkyl halides is 3. The molecule has 1 aliphatic rings. The molecule has 0 unspecified atom stereocenters. The summed E-state index contributed by atoms with van der Waals surface area (Å²) in [5.41, 5.74) is -0.470. The summed E-state index contributed by atoms with van der Waals surface area (Å²) in [6, 6.07) is 6.67. The van der Waals surface area contributed by atoms with Crippen molar-refractivity contribution in [2.45, 2.75) is 31.3 Å². The first-order chi connectivity index (χ1) is 10.4. The van der Waals surface area contributed by atoms with Gasteiger partial charge in [-0.3, -0.25) is 4.90 Å². The van der Waals surface area contributed by atoms with Crippen LogP contribution in [0.3, 0.4) is 0 Å². The van der Waals surface area contributed by atoms with Gasteiger partial charge in [0.05, 0.1) is 24.4 Å². The minimum Gasteiger partial charge on any atom is -0.392 e. The Morgan fingerprint density at radius 1 is 1.27 bits per heavy atom. The summed E-state index contributed by atoms with van der Waals surface area (Å²) >= 11 is 0. The normalized spacial score (nSPS) is 23.1. The van der Waals surface area contributed by atoms with Gasteiger partial charge < -0.3 is 9.63 Å². The number of aromatic nitrogens is 1. The fraction of sp³-hybridized carbons (Fsp3) is 0.400. The van der Waals surface area contributed by atoms with Crippen molar-refractivity contribution in [2.75, 3.05) is 6.54 Å². The van der Waals surface area contributed by atoms with Gasteiger partial charge in [0.15, 0.2) is 5.76 Å².